The molecule has 0 radical (unpaired) electrons. The Labute approximate surface area is 119 Å². The van der Waals surface area contributed by atoms with Crippen molar-refractivity contribution < 1.29 is 4.74 Å². The van der Waals surface area contributed by atoms with E-state index in [0.717, 1.165) is 17.1 Å². The van der Waals surface area contributed by atoms with Crippen LogP contribution in [0.4, 0.5) is 0 Å². The predicted molar refractivity (Wildman–Crippen MR) is 79.2 cm³/mol. The summed E-state index contributed by atoms with van der Waals surface area (Å²) in [5, 5.41) is 3.88. The van der Waals surface area contributed by atoms with Crippen molar-refractivity contribution >= 4 is 11.6 Å². The molecule has 0 fully saturated rings. The molecule has 2 rings (SSSR count). The van der Waals surface area contributed by atoms with E-state index in [-0.39, 0.29) is 0 Å². The fourth-order valence-corrected chi connectivity index (χ4v) is 2.08. The van der Waals surface area contributed by atoms with Crippen LogP contribution in [-0.2, 0) is 24.5 Å². The maximum Gasteiger partial charge on any atom is 0.0721 e. The van der Waals surface area contributed by atoms with Crippen LogP contribution in [0.25, 0.3) is 0 Å². The Balaban J connectivity index is 1.82. The van der Waals surface area contributed by atoms with Crippen molar-refractivity contribution in [3.05, 3.63) is 70.2 Å². The van der Waals surface area contributed by atoms with Crippen molar-refractivity contribution in [2.75, 3.05) is 7.05 Å². The van der Waals surface area contributed by atoms with Gasteiger partial charge in [-0.2, -0.15) is 0 Å². The molecule has 0 aromatic heterocycles. The van der Waals surface area contributed by atoms with Gasteiger partial charge in [-0.3, -0.25) is 0 Å². The highest BCUT2D eigenvalue weighted by atomic mass is 35.5. The fraction of sp³-hybridized carbons (Fsp3) is 0.250. The number of hydrogen-bond donors (Lipinski definition) is 1. The van der Waals surface area contributed by atoms with E-state index in [4.69, 9.17) is 16.3 Å². The van der Waals surface area contributed by atoms with Crippen LogP contribution in [0.15, 0.2) is 48.5 Å². The van der Waals surface area contributed by atoms with Crippen LogP contribution >= 0.6 is 11.6 Å². The number of rotatable bonds is 6. The highest BCUT2D eigenvalue weighted by Gasteiger charge is 1.97. The van der Waals surface area contributed by atoms with Gasteiger partial charge in [0, 0.05) is 11.6 Å². The van der Waals surface area contributed by atoms with Gasteiger partial charge in [0.1, 0.15) is 0 Å². The Kier molecular flexibility index (Phi) is 5.40. The van der Waals surface area contributed by atoms with Gasteiger partial charge >= 0.3 is 0 Å². The second kappa shape index (κ2) is 7.29. The Morgan fingerprint density at radius 3 is 2.32 bits per heavy atom. The molecule has 3 heteroatoms. The molecule has 2 aromatic carbocycles. The lowest BCUT2D eigenvalue weighted by atomic mass is 10.1. The van der Waals surface area contributed by atoms with Gasteiger partial charge in [-0.1, -0.05) is 48.0 Å². The minimum Gasteiger partial charge on any atom is -0.372 e. The van der Waals surface area contributed by atoms with Crippen molar-refractivity contribution in [1.29, 1.82) is 0 Å². The Morgan fingerprint density at radius 1 is 0.947 bits per heavy atom. The van der Waals surface area contributed by atoms with Crippen molar-refractivity contribution in [1.82, 2.24) is 5.32 Å². The van der Waals surface area contributed by atoms with Crippen molar-refractivity contribution in [2.24, 2.45) is 0 Å². The molecule has 0 bridgehead atoms. The minimum absolute atomic E-state index is 0.582. The lowest BCUT2D eigenvalue weighted by Crippen LogP contribution is -2.04. The molecule has 1 N–H and O–H groups in total. The fourth-order valence-electron chi connectivity index (χ4n) is 1.87. The van der Waals surface area contributed by atoms with E-state index >= 15 is 0 Å². The van der Waals surface area contributed by atoms with Crippen LogP contribution in [-0.4, -0.2) is 7.05 Å². The lowest BCUT2D eigenvalue weighted by Gasteiger charge is -2.06. The summed E-state index contributed by atoms with van der Waals surface area (Å²) in [5.41, 5.74) is 3.56. The summed E-state index contributed by atoms with van der Waals surface area (Å²) in [6.45, 7) is 2.09. The molecule has 0 heterocycles. The maximum atomic E-state index is 5.93. The Bertz CT molecular complexity index is 510. The third-order valence-electron chi connectivity index (χ3n) is 2.83. The second-order valence-corrected chi connectivity index (χ2v) is 4.91. The van der Waals surface area contributed by atoms with E-state index in [9.17, 15) is 0 Å². The van der Waals surface area contributed by atoms with Gasteiger partial charge < -0.3 is 10.1 Å². The number of nitrogens with one attached hydrogen (secondary N) is 1. The molecule has 0 amide bonds. The first-order valence-corrected chi connectivity index (χ1v) is 6.70. The first-order chi connectivity index (χ1) is 9.28. The Hall–Kier alpha value is -1.35. The van der Waals surface area contributed by atoms with Crippen molar-refractivity contribution in [3.63, 3.8) is 0 Å². The number of benzene rings is 2. The molecule has 0 aliphatic rings. The maximum absolute atomic E-state index is 5.93. The van der Waals surface area contributed by atoms with Gasteiger partial charge in [-0.25, -0.2) is 0 Å². The van der Waals surface area contributed by atoms with E-state index in [0.29, 0.717) is 13.2 Å². The summed E-state index contributed by atoms with van der Waals surface area (Å²) in [4.78, 5) is 0. The summed E-state index contributed by atoms with van der Waals surface area (Å²) in [5.74, 6) is 0. The SMILES string of the molecule is CNCc1ccc(COCc2cccc(Cl)c2)cc1. The monoisotopic (exact) mass is 275 g/mol. The van der Waals surface area contributed by atoms with Gasteiger partial charge in [0.15, 0.2) is 0 Å². The van der Waals surface area contributed by atoms with Gasteiger partial charge in [-0.05, 0) is 35.9 Å². The summed E-state index contributed by atoms with van der Waals surface area (Å²) in [7, 11) is 1.95. The van der Waals surface area contributed by atoms with Gasteiger partial charge in [0.2, 0.25) is 0 Å². The predicted octanol–water partition coefficient (Wildman–Crippen LogP) is 3.78. The molecular weight excluding hydrogens is 258 g/mol. The molecule has 0 spiro atoms. The van der Waals surface area contributed by atoms with E-state index in [1.54, 1.807) is 0 Å². The lowest BCUT2D eigenvalue weighted by molar-refractivity contribution is 0.107. The third kappa shape index (κ3) is 4.67. The molecule has 0 aliphatic carbocycles. The normalized spacial score (nSPS) is 10.6. The summed E-state index contributed by atoms with van der Waals surface area (Å²) in [6, 6.07) is 16.2. The molecule has 19 heavy (non-hydrogen) atoms. The first-order valence-electron chi connectivity index (χ1n) is 6.32. The van der Waals surface area contributed by atoms with Gasteiger partial charge in [0.05, 0.1) is 13.2 Å². The number of ether oxygens (including phenoxy) is 1. The zero-order valence-corrected chi connectivity index (χ0v) is 11.8. The van der Waals surface area contributed by atoms with Crippen molar-refractivity contribution in [3.8, 4) is 0 Å². The van der Waals surface area contributed by atoms with E-state index in [2.05, 4.69) is 29.6 Å². The second-order valence-electron chi connectivity index (χ2n) is 4.47. The topological polar surface area (TPSA) is 21.3 Å². The molecule has 0 saturated heterocycles. The van der Waals surface area contributed by atoms with Crippen LogP contribution in [0.1, 0.15) is 16.7 Å². The van der Waals surface area contributed by atoms with E-state index in [1.807, 2.05) is 31.3 Å². The zero-order valence-electron chi connectivity index (χ0n) is 11.0. The first kappa shape index (κ1) is 14.1. The Morgan fingerprint density at radius 2 is 1.63 bits per heavy atom. The molecule has 2 nitrogen and oxygen atoms in total. The van der Waals surface area contributed by atoms with E-state index in [1.165, 1.54) is 11.1 Å². The van der Waals surface area contributed by atoms with Crippen LogP contribution in [0, 0.1) is 0 Å². The molecule has 0 atom stereocenters. The smallest absolute Gasteiger partial charge is 0.0721 e. The highest BCUT2D eigenvalue weighted by molar-refractivity contribution is 6.30. The molecule has 100 valence electrons. The highest BCUT2D eigenvalue weighted by Crippen LogP contribution is 2.12. The van der Waals surface area contributed by atoms with Crippen molar-refractivity contribution in [2.45, 2.75) is 19.8 Å². The molecule has 0 unspecified atom stereocenters. The standard InChI is InChI=1S/C16H18ClNO/c1-18-10-13-5-7-14(8-6-13)11-19-12-15-3-2-4-16(17)9-15/h2-9,18H,10-12H2,1H3. The summed E-state index contributed by atoms with van der Waals surface area (Å²) >= 11 is 5.93. The summed E-state index contributed by atoms with van der Waals surface area (Å²) < 4.78 is 5.69. The largest absolute Gasteiger partial charge is 0.372 e. The molecule has 0 saturated carbocycles. The van der Waals surface area contributed by atoms with E-state index < -0.39 is 0 Å². The van der Waals surface area contributed by atoms with Gasteiger partial charge in [0.25, 0.3) is 0 Å². The molecule has 0 aliphatic heterocycles. The van der Waals surface area contributed by atoms with Crippen LogP contribution in [0.5, 0.6) is 0 Å². The molecule has 2 aromatic rings. The van der Waals surface area contributed by atoms with Crippen LogP contribution in [0.3, 0.4) is 0 Å². The number of hydrogen-bond acceptors (Lipinski definition) is 2. The average Bonchev–Trinajstić information content (AvgIpc) is 2.41. The summed E-state index contributed by atoms with van der Waals surface area (Å²) in [6.07, 6.45) is 0. The molecular formula is C16H18ClNO. The average molecular weight is 276 g/mol. The number of halogens is 1. The quantitative estimate of drug-likeness (QED) is 0.866. The zero-order chi connectivity index (χ0) is 13.5. The van der Waals surface area contributed by atoms with Crippen LogP contribution in [0.2, 0.25) is 5.02 Å². The van der Waals surface area contributed by atoms with Gasteiger partial charge in [-0.15, -0.1) is 0 Å². The minimum atomic E-state index is 0.582. The third-order valence-corrected chi connectivity index (χ3v) is 3.07. The van der Waals surface area contributed by atoms with Crippen LogP contribution < -0.4 is 5.32 Å².